The molecule has 1 atom stereocenters. The molecule has 0 radical (unpaired) electrons. The van der Waals surface area contributed by atoms with Gasteiger partial charge in [0, 0.05) is 32.7 Å². The molecule has 0 aromatic heterocycles. The highest BCUT2D eigenvalue weighted by Gasteiger charge is 2.15. The molecule has 1 fully saturated rings. The van der Waals surface area contributed by atoms with Gasteiger partial charge in [0.1, 0.15) is 0 Å². The predicted octanol–water partition coefficient (Wildman–Crippen LogP) is 2.27. The highest BCUT2D eigenvalue weighted by molar-refractivity contribution is 5.62. The Morgan fingerprint density at radius 3 is 2.28 bits per heavy atom. The molecule has 0 bridgehead atoms. The van der Waals surface area contributed by atoms with Gasteiger partial charge in [-0.1, -0.05) is 12.1 Å². The number of hydrogen-bond acceptors (Lipinski definition) is 3. The van der Waals surface area contributed by atoms with E-state index in [2.05, 4.69) is 48.6 Å². The number of carbonyl (C=O) groups is 1. The van der Waals surface area contributed by atoms with Crippen LogP contribution in [0.25, 0.3) is 0 Å². The monoisotopic (exact) mass is 250 g/mol. The van der Waals surface area contributed by atoms with E-state index >= 15 is 0 Å². The van der Waals surface area contributed by atoms with Gasteiger partial charge >= 0.3 is 0 Å². The van der Waals surface area contributed by atoms with E-state index in [1.165, 1.54) is 30.6 Å². The number of anilines is 1. The Kier molecular flexibility index (Phi) is 5.65. The summed E-state index contributed by atoms with van der Waals surface area (Å²) < 4.78 is 0. The summed E-state index contributed by atoms with van der Waals surface area (Å²) in [5.41, 5.74) is 2.69. The van der Waals surface area contributed by atoms with E-state index in [1.807, 2.05) is 0 Å². The average Bonchev–Trinajstić information content (AvgIpc) is 2.81. The highest BCUT2D eigenvalue weighted by atomic mass is 16.4. The molecule has 1 aliphatic heterocycles. The van der Waals surface area contributed by atoms with Gasteiger partial charge in [-0.2, -0.15) is 0 Å². The Morgan fingerprint density at radius 2 is 1.89 bits per heavy atom. The Morgan fingerprint density at radius 1 is 1.33 bits per heavy atom. The van der Waals surface area contributed by atoms with Gasteiger partial charge < -0.3 is 15.3 Å². The van der Waals surface area contributed by atoms with Gasteiger partial charge in [0.2, 0.25) is 0 Å². The third-order valence-corrected chi connectivity index (χ3v) is 2.87. The van der Waals surface area contributed by atoms with Crippen molar-refractivity contribution >= 4 is 11.7 Å². The van der Waals surface area contributed by atoms with Gasteiger partial charge in [0.15, 0.2) is 0 Å². The molecule has 2 rings (SSSR count). The summed E-state index contributed by atoms with van der Waals surface area (Å²) in [6.45, 7) is 2.25. The molecule has 4 heteroatoms. The summed E-state index contributed by atoms with van der Waals surface area (Å²) in [5.74, 6) is -0.833. The molecule has 4 nitrogen and oxygen atoms in total. The fourth-order valence-corrected chi connectivity index (χ4v) is 1.97. The summed E-state index contributed by atoms with van der Waals surface area (Å²) in [6, 6.07) is 9.44. The van der Waals surface area contributed by atoms with Crippen molar-refractivity contribution in [1.82, 2.24) is 5.32 Å². The lowest BCUT2D eigenvalue weighted by atomic mass is 10.1. The number of carboxylic acid groups (broad SMARTS) is 1. The van der Waals surface area contributed by atoms with Crippen LogP contribution < -0.4 is 10.2 Å². The third kappa shape index (κ3) is 4.75. The van der Waals surface area contributed by atoms with E-state index in [0.29, 0.717) is 6.04 Å². The van der Waals surface area contributed by atoms with Crippen LogP contribution in [0, 0.1) is 0 Å². The van der Waals surface area contributed by atoms with Crippen LogP contribution in [0.2, 0.25) is 0 Å². The number of benzene rings is 1. The van der Waals surface area contributed by atoms with Gasteiger partial charge in [0.05, 0.1) is 0 Å². The van der Waals surface area contributed by atoms with E-state index in [4.69, 9.17) is 9.90 Å². The summed E-state index contributed by atoms with van der Waals surface area (Å²) >= 11 is 0. The molecular formula is C14H22N2O2. The smallest absolute Gasteiger partial charge is 0.300 e. The lowest BCUT2D eigenvalue weighted by Crippen LogP contribution is -2.13. The van der Waals surface area contributed by atoms with E-state index in [1.54, 1.807) is 0 Å². The van der Waals surface area contributed by atoms with Crippen LogP contribution in [0.1, 0.15) is 31.4 Å². The number of nitrogens with zero attached hydrogens (tertiary/aromatic N) is 1. The summed E-state index contributed by atoms with van der Waals surface area (Å²) in [7, 11) is 4.14. The van der Waals surface area contributed by atoms with Crippen LogP contribution in [0.4, 0.5) is 5.69 Å². The molecule has 1 aromatic carbocycles. The van der Waals surface area contributed by atoms with E-state index in [9.17, 15) is 0 Å². The summed E-state index contributed by atoms with van der Waals surface area (Å²) in [4.78, 5) is 11.1. The molecule has 100 valence electrons. The van der Waals surface area contributed by atoms with Crippen molar-refractivity contribution in [2.75, 3.05) is 25.5 Å². The standard InChI is InChI=1S/C12H18N2.C2H4O2/c1-14(2)11-7-5-10(6-8-11)12-4-3-9-13-12;1-2(3)4/h5-8,12-13H,3-4,9H2,1-2H3;1H3,(H,3,4). The molecule has 0 saturated carbocycles. The zero-order chi connectivity index (χ0) is 13.5. The summed E-state index contributed by atoms with van der Waals surface area (Å²) in [5, 5.41) is 10.9. The minimum absolute atomic E-state index is 0.589. The third-order valence-electron chi connectivity index (χ3n) is 2.87. The maximum atomic E-state index is 9.00. The second-order valence-corrected chi connectivity index (χ2v) is 4.65. The number of rotatable bonds is 2. The zero-order valence-corrected chi connectivity index (χ0v) is 11.3. The van der Waals surface area contributed by atoms with Crippen molar-refractivity contribution < 1.29 is 9.90 Å². The molecule has 1 aromatic rings. The number of hydrogen-bond donors (Lipinski definition) is 2. The van der Waals surface area contributed by atoms with Crippen LogP contribution in [-0.4, -0.2) is 31.7 Å². The first kappa shape index (κ1) is 14.5. The van der Waals surface area contributed by atoms with Crippen LogP contribution in [-0.2, 0) is 4.79 Å². The van der Waals surface area contributed by atoms with Crippen LogP contribution in [0.5, 0.6) is 0 Å². The SMILES string of the molecule is CC(=O)O.CN(C)c1ccc(C2CCCN2)cc1. The van der Waals surface area contributed by atoms with E-state index in [0.717, 1.165) is 6.92 Å². The van der Waals surface area contributed by atoms with E-state index in [-0.39, 0.29) is 0 Å². The van der Waals surface area contributed by atoms with Crippen LogP contribution in [0.3, 0.4) is 0 Å². The predicted molar refractivity (Wildman–Crippen MR) is 74.1 cm³/mol. The molecular weight excluding hydrogens is 228 g/mol. The maximum Gasteiger partial charge on any atom is 0.300 e. The number of aliphatic carboxylic acids is 1. The largest absolute Gasteiger partial charge is 0.481 e. The van der Waals surface area contributed by atoms with Crippen LogP contribution in [0.15, 0.2) is 24.3 Å². The fourth-order valence-electron chi connectivity index (χ4n) is 1.97. The first-order chi connectivity index (χ1) is 8.50. The second kappa shape index (κ2) is 7.01. The quantitative estimate of drug-likeness (QED) is 0.845. The van der Waals surface area contributed by atoms with Crippen molar-refractivity contribution in [3.63, 3.8) is 0 Å². The van der Waals surface area contributed by atoms with E-state index < -0.39 is 5.97 Å². The Labute approximate surface area is 109 Å². The van der Waals surface area contributed by atoms with Gasteiger partial charge in [-0.25, -0.2) is 0 Å². The zero-order valence-electron chi connectivity index (χ0n) is 11.3. The molecule has 0 spiro atoms. The molecule has 0 amide bonds. The lowest BCUT2D eigenvalue weighted by molar-refractivity contribution is -0.134. The molecule has 18 heavy (non-hydrogen) atoms. The first-order valence-corrected chi connectivity index (χ1v) is 6.21. The molecule has 1 saturated heterocycles. The Bertz CT molecular complexity index is 364. The van der Waals surface area contributed by atoms with Gasteiger partial charge in [-0.3, -0.25) is 4.79 Å². The Balaban J connectivity index is 0.000000357. The molecule has 1 unspecified atom stereocenters. The van der Waals surface area contributed by atoms with Crippen LogP contribution >= 0.6 is 0 Å². The lowest BCUT2D eigenvalue weighted by Gasteiger charge is -2.15. The van der Waals surface area contributed by atoms with Gasteiger partial charge in [-0.05, 0) is 37.1 Å². The number of carboxylic acids is 1. The summed E-state index contributed by atoms with van der Waals surface area (Å²) in [6.07, 6.45) is 2.58. The fraction of sp³-hybridized carbons (Fsp3) is 0.500. The van der Waals surface area contributed by atoms with Crippen molar-refractivity contribution in [3.8, 4) is 0 Å². The maximum absolute atomic E-state index is 9.00. The van der Waals surface area contributed by atoms with Crippen molar-refractivity contribution in [2.45, 2.75) is 25.8 Å². The molecule has 0 aliphatic carbocycles. The first-order valence-electron chi connectivity index (χ1n) is 6.21. The van der Waals surface area contributed by atoms with Gasteiger partial charge in [-0.15, -0.1) is 0 Å². The average molecular weight is 250 g/mol. The van der Waals surface area contributed by atoms with Crippen molar-refractivity contribution in [1.29, 1.82) is 0 Å². The highest BCUT2D eigenvalue weighted by Crippen LogP contribution is 2.24. The van der Waals surface area contributed by atoms with Gasteiger partial charge in [0.25, 0.3) is 5.97 Å². The Hall–Kier alpha value is -1.55. The number of nitrogens with one attached hydrogen (secondary N) is 1. The minimum Gasteiger partial charge on any atom is -0.481 e. The topological polar surface area (TPSA) is 52.6 Å². The van der Waals surface area contributed by atoms with Crippen molar-refractivity contribution in [3.05, 3.63) is 29.8 Å². The molecule has 1 aliphatic rings. The molecule has 1 heterocycles. The minimum atomic E-state index is -0.833. The normalized spacial score (nSPS) is 17.8. The second-order valence-electron chi connectivity index (χ2n) is 4.65. The molecule has 2 N–H and O–H groups in total. The van der Waals surface area contributed by atoms with Crippen molar-refractivity contribution in [2.24, 2.45) is 0 Å².